The van der Waals surface area contributed by atoms with Gasteiger partial charge in [-0.15, -0.1) is 0 Å². The molecular formula is C33H31N3O5. The first-order valence-electron chi connectivity index (χ1n) is 13.5. The molecular weight excluding hydrogens is 518 g/mol. The first-order valence-corrected chi connectivity index (χ1v) is 13.5. The third-order valence-corrected chi connectivity index (χ3v) is 7.03. The number of carboxylic acid groups (broad SMARTS) is 1. The van der Waals surface area contributed by atoms with Crippen LogP contribution in [0.5, 0.6) is 0 Å². The second kappa shape index (κ2) is 12.9. The van der Waals surface area contributed by atoms with E-state index in [0.717, 1.165) is 22.3 Å². The van der Waals surface area contributed by atoms with Gasteiger partial charge in [0, 0.05) is 35.9 Å². The fourth-order valence-corrected chi connectivity index (χ4v) is 5.05. The number of fused-ring (bicyclic) bond motifs is 2. The first-order chi connectivity index (χ1) is 20.0. The standard InChI is InChI=1S/C33H31N3O5/c37-31(38)20-29-26-10-4-5-12-28(26)32(39)36(30-13-7-6-11-27(29)30)18-19-41-22-24-14-16-25(17-15-24)35-33(40)34-21-23-8-2-1-3-9-23/h1-17,29H,18-22H2,(H,37,38)(H2,34,35,40). The first kappa shape index (κ1) is 27.6. The Kier molecular flexibility index (Phi) is 8.71. The quantitative estimate of drug-likeness (QED) is 0.217. The van der Waals surface area contributed by atoms with Crippen LogP contribution in [-0.4, -0.2) is 36.2 Å². The molecule has 3 amide bonds. The van der Waals surface area contributed by atoms with Crippen LogP contribution in [0.3, 0.4) is 0 Å². The molecule has 1 heterocycles. The Morgan fingerprint density at radius 3 is 2.24 bits per heavy atom. The molecule has 0 fully saturated rings. The summed E-state index contributed by atoms with van der Waals surface area (Å²) >= 11 is 0. The lowest BCUT2D eigenvalue weighted by molar-refractivity contribution is -0.137. The van der Waals surface area contributed by atoms with E-state index in [1.54, 1.807) is 17.0 Å². The number of carboxylic acids is 1. The van der Waals surface area contributed by atoms with Gasteiger partial charge in [-0.25, -0.2) is 4.79 Å². The maximum absolute atomic E-state index is 13.6. The largest absolute Gasteiger partial charge is 0.481 e. The molecule has 1 atom stereocenters. The lowest BCUT2D eigenvalue weighted by Gasteiger charge is -2.24. The van der Waals surface area contributed by atoms with Crippen LogP contribution in [0.1, 0.15) is 45.0 Å². The van der Waals surface area contributed by atoms with E-state index in [2.05, 4.69) is 10.6 Å². The van der Waals surface area contributed by atoms with Gasteiger partial charge in [-0.2, -0.15) is 0 Å². The Morgan fingerprint density at radius 1 is 0.805 bits per heavy atom. The summed E-state index contributed by atoms with van der Waals surface area (Å²) in [5.74, 6) is -1.52. The van der Waals surface area contributed by atoms with Crippen molar-refractivity contribution in [1.82, 2.24) is 5.32 Å². The van der Waals surface area contributed by atoms with E-state index in [9.17, 15) is 19.5 Å². The van der Waals surface area contributed by atoms with Crippen molar-refractivity contribution in [3.05, 3.63) is 131 Å². The molecule has 0 bridgehead atoms. The molecule has 0 aromatic heterocycles. The molecule has 8 heteroatoms. The Labute approximate surface area is 238 Å². The zero-order chi connectivity index (χ0) is 28.6. The lowest BCUT2D eigenvalue weighted by Crippen LogP contribution is -2.34. The van der Waals surface area contributed by atoms with Crippen LogP contribution in [0.25, 0.3) is 0 Å². The van der Waals surface area contributed by atoms with Crippen LogP contribution >= 0.6 is 0 Å². The van der Waals surface area contributed by atoms with Gasteiger partial charge in [0.05, 0.1) is 19.6 Å². The summed E-state index contributed by atoms with van der Waals surface area (Å²) in [6, 6.07) is 31.5. The van der Waals surface area contributed by atoms with Gasteiger partial charge in [0.2, 0.25) is 0 Å². The van der Waals surface area contributed by atoms with Crippen molar-refractivity contribution in [2.45, 2.75) is 25.5 Å². The number of ether oxygens (including phenoxy) is 1. The van der Waals surface area contributed by atoms with Crippen molar-refractivity contribution < 1.29 is 24.2 Å². The molecule has 0 radical (unpaired) electrons. The summed E-state index contributed by atoms with van der Waals surface area (Å²) in [7, 11) is 0. The molecule has 0 spiro atoms. The van der Waals surface area contributed by atoms with Crippen LogP contribution in [-0.2, 0) is 22.7 Å². The highest BCUT2D eigenvalue weighted by Gasteiger charge is 2.33. The smallest absolute Gasteiger partial charge is 0.319 e. The number of anilines is 2. The Hall–Kier alpha value is -4.95. The molecule has 4 aromatic rings. The molecule has 0 saturated heterocycles. The van der Waals surface area contributed by atoms with Crippen molar-refractivity contribution in [3.63, 3.8) is 0 Å². The molecule has 4 aromatic carbocycles. The van der Waals surface area contributed by atoms with E-state index >= 15 is 0 Å². The van der Waals surface area contributed by atoms with E-state index < -0.39 is 11.9 Å². The van der Waals surface area contributed by atoms with Gasteiger partial charge in [0.1, 0.15) is 0 Å². The number of aliphatic carboxylic acids is 1. The van der Waals surface area contributed by atoms with Crippen molar-refractivity contribution >= 4 is 29.3 Å². The SMILES string of the molecule is O=C(O)CC1c2ccccc2C(=O)N(CCOCc2ccc(NC(=O)NCc3ccccc3)cc2)c2ccccc21. The van der Waals surface area contributed by atoms with Crippen LogP contribution in [0, 0.1) is 0 Å². The lowest BCUT2D eigenvalue weighted by atomic mass is 9.86. The van der Waals surface area contributed by atoms with Crippen molar-refractivity contribution in [3.8, 4) is 0 Å². The van der Waals surface area contributed by atoms with Crippen LogP contribution in [0.2, 0.25) is 0 Å². The van der Waals surface area contributed by atoms with Crippen molar-refractivity contribution in [2.24, 2.45) is 0 Å². The highest BCUT2D eigenvalue weighted by molar-refractivity contribution is 6.09. The summed E-state index contributed by atoms with van der Waals surface area (Å²) < 4.78 is 5.93. The summed E-state index contributed by atoms with van der Waals surface area (Å²) in [5.41, 5.74) is 5.35. The topological polar surface area (TPSA) is 108 Å². The minimum Gasteiger partial charge on any atom is -0.481 e. The Bertz CT molecular complexity index is 1520. The number of carbonyl (C=O) groups excluding carboxylic acids is 2. The number of nitrogens with one attached hydrogen (secondary N) is 2. The maximum atomic E-state index is 13.6. The van der Waals surface area contributed by atoms with Gasteiger partial charge in [0.25, 0.3) is 5.91 Å². The van der Waals surface area contributed by atoms with E-state index in [-0.39, 0.29) is 25.0 Å². The zero-order valence-electron chi connectivity index (χ0n) is 22.5. The Morgan fingerprint density at radius 2 is 1.49 bits per heavy atom. The predicted octanol–water partition coefficient (Wildman–Crippen LogP) is 5.79. The second-order valence-corrected chi connectivity index (χ2v) is 9.80. The van der Waals surface area contributed by atoms with Gasteiger partial charge in [-0.05, 0) is 46.5 Å². The molecule has 1 unspecified atom stereocenters. The summed E-state index contributed by atoms with van der Waals surface area (Å²) in [4.78, 5) is 39.2. The summed E-state index contributed by atoms with van der Waals surface area (Å²) in [6.07, 6.45) is -0.106. The normalized spacial score (nSPS) is 14.0. The maximum Gasteiger partial charge on any atom is 0.319 e. The third kappa shape index (κ3) is 6.80. The Balaban J connectivity index is 1.18. The fraction of sp³-hybridized carbons (Fsp3) is 0.182. The average molecular weight is 550 g/mol. The van der Waals surface area contributed by atoms with E-state index in [1.165, 1.54) is 0 Å². The minimum absolute atomic E-state index is 0.106. The van der Waals surface area contributed by atoms with Crippen LogP contribution in [0.15, 0.2) is 103 Å². The number of hydrogen-bond acceptors (Lipinski definition) is 4. The van der Waals surface area contributed by atoms with Crippen LogP contribution in [0.4, 0.5) is 16.2 Å². The van der Waals surface area contributed by atoms with Gasteiger partial charge in [-0.3, -0.25) is 9.59 Å². The summed E-state index contributed by atoms with van der Waals surface area (Å²) in [6.45, 7) is 1.37. The van der Waals surface area contributed by atoms with E-state index in [1.807, 2.05) is 91.0 Å². The molecule has 0 saturated carbocycles. The molecule has 5 rings (SSSR count). The minimum atomic E-state index is -0.919. The second-order valence-electron chi connectivity index (χ2n) is 9.80. The van der Waals surface area contributed by atoms with Crippen molar-refractivity contribution in [1.29, 1.82) is 0 Å². The fourth-order valence-electron chi connectivity index (χ4n) is 5.05. The van der Waals surface area contributed by atoms with E-state index in [4.69, 9.17) is 4.74 Å². The molecule has 208 valence electrons. The van der Waals surface area contributed by atoms with Crippen LogP contribution < -0.4 is 15.5 Å². The molecule has 1 aliphatic rings. The molecule has 3 N–H and O–H groups in total. The number of amides is 3. The third-order valence-electron chi connectivity index (χ3n) is 7.03. The predicted molar refractivity (Wildman–Crippen MR) is 157 cm³/mol. The molecule has 41 heavy (non-hydrogen) atoms. The van der Waals surface area contributed by atoms with Gasteiger partial charge in [0.15, 0.2) is 0 Å². The molecule has 1 aliphatic heterocycles. The number of rotatable bonds is 10. The number of urea groups is 1. The van der Waals surface area contributed by atoms with Gasteiger partial charge >= 0.3 is 12.0 Å². The zero-order valence-corrected chi connectivity index (χ0v) is 22.5. The average Bonchev–Trinajstić information content (AvgIpc) is 3.08. The molecule has 0 aliphatic carbocycles. The van der Waals surface area contributed by atoms with Crippen molar-refractivity contribution in [2.75, 3.05) is 23.4 Å². The monoisotopic (exact) mass is 549 g/mol. The van der Waals surface area contributed by atoms with Gasteiger partial charge in [-0.1, -0.05) is 78.9 Å². The number of para-hydroxylation sites is 1. The van der Waals surface area contributed by atoms with E-state index in [0.29, 0.717) is 36.6 Å². The number of nitrogens with zero attached hydrogens (tertiary/aromatic N) is 1. The van der Waals surface area contributed by atoms with Gasteiger partial charge < -0.3 is 25.4 Å². The highest BCUT2D eigenvalue weighted by Crippen LogP contribution is 2.40. The number of carbonyl (C=O) groups is 3. The highest BCUT2D eigenvalue weighted by atomic mass is 16.5. The molecule has 8 nitrogen and oxygen atoms in total. The summed E-state index contributed by atoms with van der Waals surface area (Å²) in [5, 5.41) is 15.3. The number of benzene rings is 4. The number of hydrogen-bond donors (Lipinski definition) is 3.